The van der Waals surface area contributed by atoms with Gasteiger partial charge in [0.2, 0.25) is 0 Å². The van der Waals surface area contributed by atoms with Crippen molar-refractivity contribution >= 4 is 45.8 Å². The van der Waals surface area contributed by atoms with Crippen molar-refractivity contribution in [2.75, 3.05) is 0 Å². The first-order valence-corrected chi connectivity index (χ1v) is 8.22. The molecule has 124 valence electrons. The Balaban J connectivity index is 2.15. The number of halogens is 2. The summed E-state index contributed by atoms with van der Waals surface area (Å²) in [5.74, 6) is -0.358. The van der Waals surface area contributed by atoms with Gasteiger partial charge in [-0.2, -0.15) is 5.26 Å². The van der Waals surface area contributed by atoms with Crippen LogP contribution < -0.4 is 5.73 Å². The van der Waals surface area contributed by atoms with E-state index in [0.29, 0.717) is 10.6 Å². The highest BCUT2D eigenvalue weighted by atomic mass is 35.5. The SMILES string of the molecule is N#C/C(=C\c1cn(Cc2c(F)cccc2Cl)c2ccccc12)C(N)=S. The molecule has 1 heterocycles. The average Bonchev–Trinajstić information content (AvgIpc) is 2.93. The summed E-state index contributed by atoms with van der Waals surface area (Å²) >= 11 is 11.0. The zero-order valence-corrected chi connectivity index (χ0v) is 14.6. The minimum Gasteiger partial charge on any atom is -0.389 e. The zero-order valence-electron chi connectivity index (χ0n) is 13.0. The lowest BCUT2D eigenvalue weighted by Crippen LogP contribution is -2.09. The lowest BCUT2D eigenvalue weighted by Gasteiger charge is -2.08. The number of thiocarbonyl (C=S) groups is 1. The Morgan fingerprint density at radius 3 is 2.72 bits per heavy atom. The largest absolute Gasteiger partial charge is 0.389 e. The van der Waals surface area contributed by atoms with Gasteiger partial charge in [0.05, 0.1) is 12.1 Å². The zero-order chi connectivity index (χ0) is 18.0. The van der Waals surface area contributed by atoms with E-state index >= 15 is 0 Å². The Labute approximate surface area is 154 Å². The standard InChI is InChI=1S/C19H13ClFN3S/c20-16-5-3-6-17(21)15(16)11-24-10-13(8-12(9-22)19(23)25)14-4-1-2-7-18(14)24/h1-8,10H,11H2,(H2,23,25)/b12-8+. The maximum Gasteiger partial charge on any atom is 0.129 e. The van der Waals surface area contributed by atoms with Crippen LogP contribution in [0.3, 0.4) is 0 Å². The van der Waals surface area contributed by atoms with Crippen molar-refractivity contribution in [2.24, 2.45) is 5.73 Å². The number of nitrogens with zero attached hydrogens (tertiary/aromatic N) is 2. The first-order valence-electron chi connectivity index (χ1n) is 7.43. The minimum atomic E-state index is -0.358. The van der Waals surface area contributed by atoms with E-state index in [2.05, 4.69) is 0 Å². The third kappa shape index (κ3) is 3.41. The molecule has 0 saturated carbocycles. The molecule has 3 rings (SSSR count). The first kappa shape index (κ1) is 17.2. The highest BCUT2D eigenvalue weighted by Crippen LogP contribution is 2.27. The molecular formula is C19H13ClFN3S. The van der Waals surface area contributed by atoms with Gasteiger partial charge < -0.3 is 10.3 Å². The molecule has 0 aliphatic rings. The highest BCUT2D eigenvalue weighted by molar-refractivity contribution is 7.80. The molecule has 0 aliphatic heterocycles. The van der Waals surface area contributed by atoms with Gasteiger partial charge in [0, 0.05) is 33.2 Å². The second-order valence-electron chi connectivity index (χ2n) is 5.46. The molecule has 6 heteroatoms. The van der Waals surface area contributed by atoms with Crippen molar-refractivity contribution in [3.05, 3.63) is 76.2 Å². The molecule has 25 heavy (non-hydrogen) atoms. The van der Waals surface area contributed by atoms with Crippen LogP contribution >= 0.6 is 23.8 Å². The van der Waals surface area contributed by atoms with Gasteiger partial charge in [-0.05, 0) is 24.3 Å². The fraction of sp³-hybridized carbons (Fsp3) is 0.0526. The molecule has 0 atom stereocenters. The highest BCUT2D eigenvalue weighted by Gasteiger charge is 2.12. The monoisotopic (exact) mass is 369 g/mol. The summed E-state index contributed by atoms with van der Waals surface area (Å²) in [5, 5.41) is 10.5. The predicted octanol–water partition coefficient (Wildman–Crippen LogP) is 4.68. The van der Waals surface area contributed by atoms with Crippen LogP contribution in [0.2, 0.25) is 5.02 Å². The quantitative estimate of drug-likeness (QED) is 0.413. The number of fused-ring (bicyclic) bond motifs is 1. The van der Waals surface area contributed by atoms with Gasteiger partial charge >= 0.3 is 0 Å². The molecule has 2 N–H and O–H groups in total. The van der Waals surface area contributed by atoms with Crippen LogP contribution in [-0.4, -0.2) is 9.56 Å². The predicted molar refractivity (Wildman–Crippen MR) is 103 cm³/mol. The lowest BCUT2D eigenvalue weighted by molar-refractivity contribution is 0.602. The van der Waals surface area contributed by atoms with E-state index in [1.54, 1.807) is 18.2 Å². The third-order valence-electron chi connectivity index (χ3n) is 3.90. The van der Waals surface area contributed by atoms with Gasteiger partial charge in [0.1, 0.15) is 16.9 Å². The molecule has 0 unspecified atom stereocenters. The molecule has 0 fully saturated rings. The van der Waals surface area contributed by atoms with Crippen LogP contribution in [0.5, 0.6) is 0 Å². The summed E-state index contributed by atoms with van der Waals surface area (Å²) in [4.78, 5) is 0.0384. The summed E-state index contributed by atoms with van der Waals surface area (Å²) in [6.07, 6.45) is 3.48. The van der Waals surface area contributed by atoms with E-state index in [1.807, 2.05) is 41.1 Å². The smallest absolute Gasteiger partial charge is 0.129 e. The van der Waals surface area contributed by atoms with Crippen LogP contribution in [0.4, 0.5) is 4.39 Å². The second-order valence-corrected chi connectivity index (χ2v) is 6.31. The van der Waals surface area contributed by atoms with Crippen molar-refractivity contribution in [3.63, 3.8) is 0 Å². The molecule has 0 amide bonds. The molecule has 0 radical (unpaired) electrons. The topological polar surface area (TPSA) is 54.7 Å². The molecule has 3 aromatic rings. The summed E-state index contributed by atoms with van der Waals surface area (Å²) in [6, 6.07) is 14.3. The van der Waals surface area contributed by atoms with Crippen molar-refractivity contribution < 1.29 is 4.39 Å². The van der Waals surface area contributed by atoms with Crippen molar-refractivity contribution in [1.29, 1.82) is 5.26 Å². The van der Waals surface area contributed by atoms with E-state index in [0.717, 1.165) is 16.5 Å². The van der Waals surface area contributed by atoms with Gasteiger partial charge in [-0.25, -0.2) is 4.39 Å². The second kappa shape index (κ2) is 7.06. The Bertz CT molecular complexity index is 1030. The lowest BCUT2D eigenvalue weighted by atomic mass is 10.1. The molecule has 0 saturated heterocycles. The van der Waals surface area contributed by atoms with Gasteiger partial charge in [-0.1, -0.05) is 48.1 Å². The van der Waals surface area contributed by atoms with Gasteiger partial charge in [0.25, 0.3) is 0 Å². The van der Waals surface area contributed by atoms with Crippen molar-refractivity contribution in [1.82, 2.24) is 4.57 Å². The van der Waals surface area contributed by atoms with Crippen molar-refractivity contribution in [3.8, 4) is 6.07 Å². The molecule has 0 bridgehead atoms. The molecule has 1 aromatic heterocycles. The van der Waals surface area contributed by atoms with Gasteiger partial charge in [-0.15, -0.1) is 0 Å². The Morgan fingerprint density at radius 2 is 2.04 bits per heavy atom. The van der Waals surface area contributed by atoms with E-state index < -0.39 is 0 Å². The van der Waals surface area contributed by atoms with E-state index in [4.69, 9.17) is 29.6 Å². The number of nitriles is 1. The van der Waals surface area contributed by atoms with Crippen LogP contribution in [0.1, 0.15) is 11.1 Å². The third-order valence-corrected chi connectivity index (χ3v) is 4.47. The normalized spacial score (nSPS) is 11.5. The number of hydrogen-bond acceptors (Lipinski definition) is 2. The number of benzene rings is 2. The van der Waals surface area contributed by atoms with Gasteiger partial charge in [-0.3, -0.25) is 0 Å². The maximum atomic E-state index is 14.1. The van der Waals surface area contributed by atoms with Crippen molar-refractivity contribution in [2.45, 2.75) is 6.54 Å². The maximum absolute atomic E-state index is 14.1. The summed E-state index contributed by atoms with van der Waals surface area (Å²) < 4.78 is 16.0. The van der Waals surface area contributed by atoms with Crippen LogP contribution in [0.15, 0.2) is 54.2 Å². The molecular weight excluding hydrogens is 357 g/mol. The fourth-order valence-corrected chi connectivity index (χ4v) is 3.02. The van der Waals surface area contributed by atoms with Gasteiger partial charge in [0.15, 0.2) is 0 Å². The first-order chi connectivity index (χ1) is 12.0. The molecule has 3 nitrogen and oxygen atoms in total. The van der Waals surface area contributed by atoms with Crippen LogP contribution in [-0.2, 0) is 6.54 Å². The van der Waals surface area contributed by atoms with E-state index in [-0.39, 0.29) is 22.9 Å². The fourth-order valence-electron chi connectivity index (χ4n) is 2.69. The van der Waals surface area contributed by atoms with E-state index in [9.17, 15) is 9.65 Å². The summed E-state index contributed by atoms with van der Waals surface area (Å²) in [5.41, 5.74) is 7.89. The number of hydrogen-bond donors (Lipinski definition) is 1. The van der Waals surface area contributed by atoms with E-state index in [1.165, 1.54) is 6.07 Å². The minimum absolute atomic E-state index is 0.0384. The van der Waals surface area contributed by atoms with Crippen LogP contribution in [0.25, 0.3) is 17.0 Å². The number of para-hydroxylation sites is 1. The number of nitrogens with two attached hydrogens (primary N) is 1. The summed E-state index contributed by atoms with van der Waals surface area (Å²) in [7, 11) is 0. The number of rotatable bonds is 4. The summed E-state index contributed by atoms with van der Waals surface area (Å²) in [6.45, 7) is 0.273. The molecule has 0 spiro atoms. The molecule has 2 aromatic carbocycles. The Morgan fingerprint density at radius 1 is 1.28 bits per heavy atom. The Hall–Kier alpha value is -2.68. The number of aromatic nitrogens is 1. The van der Waals surface area contributed by atoms with Crippen LogP contribution in [0, 0.1) is 17.1 Å². The average molecular weight is 370 g/mol. The molecule has 0 aliphatic carbocycles. The Kier molecular flexibility index (Phi) is 4.84.